The predicted octanol–water partition coefficient (Wildman–Crippen LogP) is 2.90. The molecule has 0 bridgehead atoms. The molecule has 2 aromatic carbocycles. The molecule has 0 fully saturated rings. The molecule has 2 amide bonds. The molecular formula is C22H21N3O3. The maximum atomic E-state index is 12.4. The van der Waals surface area contributed by atoms with E-state index in [0.717, 1.165) is 27.7 Å². The summed E-state index contributed by atoms with van der Waals surface area (Å²) in [7, 11) is 1.60. The van der Waals surface area contributed by atoms with E-state index < -0.39 is 0 Å². The Labute approximate surface area is 162 Å². The van der Waals surface area contributed by atoms with Crippen molar-refractivity contribution < 1.29 is 14.3 Å². The van der Waals surface area contributed by atoms with Gasteiger partial charge in [0, 0.05) is 53.1 Å². The van der Waals surface area contributed by atoms with Crippen LogP contribution in [-0.2, 0) is 20.9 Å². The SMILES string of the molecule is COCCNC(=O)Cn1cc(/C=C2\C(=O)Nc3ccccc32)c2ccccc21. The Morgan fingerprint density at radius 1 is 1.18 bits per heavy atom. The predicted molar refractivity (Wildman–Crippen MR) is 110 cm³/mol. The third kappa shape index (κ3) is 3.42. The number of ether oxygens (including phenoxy) is 1. The first-order valence-electron chi connectivity index (χ1n) is 9.13. The molecular weight excluding hydrogens is 354 g/mol. The second-order valence-corrected chi connectivity index (χ2v) is 6.63. The van der Waals surface area contributed by atoms with E-state index in [2.05, 4.69) is 10.6 Å². The molecule has 0 aliphatic carbocycles. The molecule has 0 saturated carbocycles. The minimum atomic E-state index is -0.115. The van der Waals surface area contributed by atoms with Gasteiger partial charge >= 0.3 is 0 Å². The fourth-order valence-electron chi connectivity index (χ4n) is 3.46. The van der Waals surface area contributed by atoms with Gasteiger partial charge in [0.05, 0.1) is 6.61 Å². The van der Waals surface area contributed by atoms with Crippen molar-refractivity contribution in [1.29, 1.82) is 0 Å². The minimum Gasteiger partial charge on any atom is -0.383 e. The van der Waals surface area contributed by atoms with E-state index in [4.69, 9.17) is 4.74 Å². The Morgan fingerprint density at radius 3 is 2.82 bits per heavy atom. The Balaban J connectivity index is 1.69. The second-order valence-electron chi connectivity index (χ2n) is 6.63. The van der Waals surface area contributed by atoms with Crippen LogP contribution in [0.4, 0.5) is 5.69 Å². The number of rotatable bonds is 6. The smallest absolute Gasteiger partial charge is 0.256 e. The number of nitrogens with zero attached hydrogens (tertiary/aromatic N) is 1. The summed E-state index contributed by atoms with van der Waals surface area (Å²) in [5.74, 6) is -0.198. The van der Waals surface area contributed by atoms with E-state index >= 15 is 0 Å². The number of amides is 2. The molecule has 0 saturated heterocycles. The lowest BCUT2D eigenvalue weighted by Crippen LogP contribution is -2.30. The lowest BCUT2D eigenvalue weighted by Gasteiger charge is -2.06. The first kappa shape index (κ1) is 18.0. The van der Waals surface area contributed by atoms with E-state index in [1.807, 2.05) is 65.4 Å². The summed E-state index contributed by atoms with van der Waals surface area (Å²) >= 11 is 0. The van der Waals surface area contributed by atoms with Gasteiger partial charge in [-0.25, -0.2) is 0 Å². The zero-order valence-corrected chi connectivity index (χ0v) is 15.6. The number of fused-ring (bicyclic) bond motifs is 2. The Bertz CT molecular complexity index is 1080. The fraction of sp³-hybridized carbons (Fsp3) is 0.182. The zero-order chi connectivity index (χ0) is 19.5. The van der Waals surface area contributed by atoms with Crippen molar-refractivity contribution in [3.63, 3.8) is 0 Å². The fourth-order valence-corrected chi connectivity index (χ4v) is 3.46. The summed E-state index contributed by atoms with van der Waals surface area (Å²) in [6.45, 7) is 1.16. The van der Waals surface area contributed by atoms with Gasteiger partial charge in [0.1, 0.15) is 6.54 Å². The summed E-state index contributed by atoms with van der Waals surface area (Å²) in [6.07, 6.45) is 3.81. The van der Waals surface area contributed by atoms with Crippen LogP contribution in [0.1, 0.15) is 11.1 Å². The number of carbonyl (C=O) groups is 2. The van der Waals surface area contributed by atoms with Crippen molar-refractivity contribution in [1.82, 2.24) is 9.88 Å². The summed E-state index contributed by atoms with van der Waals surface area (Å²) in [5, 5.41) is 6.73. The maximum Gasteiger partial charge on any atom is 0.256 e. The van der Waals surface area contributed by atoms with Gasteiger partial charge in [-0.05, 0) is 18.2 Å². The van der Waals surface area contributed by atoms with Gasteiger partial charge in [-0.15, -0.1) is 0 Å². The van der Waals surface area contributed by atoms with Crippen LogP contribution in [0.3, 0.4) is 0 Å². The summed E-state index contributed by atoms with van der Waals surface area (Å²) < 4.78 is 6.87. The molecule has 3 aromatic rings. The molecule has 28 heavy (non-hydrogen) atoms. The van der Waals surface area contributed by atoms with E-state index in [9.17, 15) is 9.59 Å². The van der Waals surface area contributed by atoms with Crippen LogP contribution in [0.25, 0.3) is 22.6 Å². The van der Waals surface area contributed by atoms with E-state index in [0.29, 0.717) is 18.7 Å². The van der Waals surface area contributed by atoms with E-state index in [1.54, 1.807) is 7.11 Å². The van der Waals surface area contributed by atoms with Crippen LogP contribution in [0, 0.1) is 0 Å². The van der Waals surface area contributed by atoms with Crippen LogP contribution < -0.4 is 10.6 Å². The van der Waals surface area contributed by atoms with Crippen molar-refractivity contribution in [2.24, 2.45) is 0 Å². The van der Waals surface area contributed by atoms with Gasteiger partial charge < -0.3 is 19.9 Å². The molecule has 6 heteroatoms. The topological polar surface area (TPSA) is 72.4 Å². The van der Waals surface area contributed by atoms with Gasteiger partial charge in [-0.1, -0.05) is 36.4 Å². The van der Waals surface area contributed by atoms with E-state index in [1.165, 1.54) is 0 Å². The molecule has 0 spiro atoms. The monoisotopic (exact) mass is 375 g/mol. The lowest BCUT2D eigenvalue weighted by atomic mass is 10.0. The van der Waals surface area contributed by atoms with Crippen molar-refractivity contribution in [2.45, 2.75) is 6.54 Å². The first-order valence-corrected chi connectivity index (χ1v) is 9.13. The van der Waals surface area contributed by atoms with Gasteiger partial charge in [0.2, 0.25) is 5.91 Å². The van der Waals surface area contributed by atoms with E-state index in [-0.39, 0.29) is 18.4 Å². The third-order valence-corrected chi connectivity index (χ3v) is 4.77. The quantitative estimate of drug-likeness (QED) is 0.514. The molecule has 1 aliphatic heterocycles. The maximum absolute atomic E-state index is 12.4. The van der Waals surface area contributed by atoms with Crippen LogP contribution >= 0.6 is 0 Å². The third-order valence-electron chi connectivity index (χ3n) is 4.77. The first-order chi connectivity index (χ1) is 13.7. The molecule has 1 aliphatic rings. The minimum absolute atomic E-state index is 0.0824. The molecule has 1 aromatic heterocycles. The van der Waals surface area contributed by atoms with Crippen LogP contribution in [-0.4, -0.2) is 36.6 Å². The number of aromatic nitrogens is 1. The highest BCUT2D eigenvalue weighted by Crippen LogP contribution is 2.34. The molecule has 2 N–H and O–H groups in total. The van der Waals surface area contributed by atoms with Crippen LogP contribution in [0.5, 0.6) is 0 Å². The van der Waals surface area contributed by atoms with Gasteiger partial charge in [0.15, 0.2) is 0 Å². The number of carbonyl (C=O) groups excluding carboxylic acids is 2. The summed E-state index contributed by atoms with van der Waals surface area (Å²) in [5.41, 5.74) is 4.19. The number of hydrogen-bond donors (Lipinski definition) is 2. The van der Waals surface area contributed by atoms with Gasteiger partial charge in [0.25, 0.3) is 5.91 Å². The van der Waals surface area contributed by atoms with Gasteiger partial charge in [-0.3, -0.25) is 9.59 Å². The summed E-state index contributed by atoms with van der Waals surface area (Å²) in [6, 6.07) is 15.5. The lowest BCUT2D eigenvalue weighted by molar-refractivity contribution is -0.121. The number of benzene rings is 2. The van der Waals surface area contributed by atoms with Crippen LogP contribution in [0.2, 0.25) is 0 Å². The molecule has 6 nitrogen and oxygen atoms in total. The standard InChI is InChI=1S/C22H21N3O3/c1-28-11-10-23-21(26)14-25-13-15(16-6-3-5-9-20(16)25)12-18-17-7-2-4-8-19(17)24-22(18)27/h2-9,12-13H,10-11,14H2,1H3,(H,23,26)(H,24,27)/b18-12-. The molecule has 2 heterocycles. The molecule has 0 atom stereocenters. The zero-order valence-electron chi connectivity index (χ0n) is 15.6. The Kier molecular flexibility index (Phi) is 4.95. The highest BCUT2D eigenvalue weighted by atomic mass is 16.5. The average Bonchev–Trinajstić information content (AvgIpc) is 3.20. The highest BCUT2D eigenvalue weighted by Gasteiger charge is 2.24. The van der Waals surface area contributed by atoms with Crippen molar-refractivity contribution in [3.05, 3.63) is 65.9 Å². The Hall–Kier alpha value is -3.38. The number of nitrogens with one attached hydrogen (secondary N) is 2. The van der Waals surface area contributed by atoms with Crippen molar-refractivity contribution in [3.8, 4) is 0 Å². The van der Waals surface area contributed by atoms with Gasteiger partial charge in [-0.2, -0.15) is 0 Å². The number of hydrogen-bond acceptors (Lipinski definition) is 3. The number of methoxy groups -OCH3 is 1. The summed E-state index contributed by atoms with van der Waals surface area (Å²) in [4.78, 5) is 24.7. The largest absolute Gasteiger partial charge is 0.383 e. The Morgan fingerprint density at radius 2 is 1.96 bits per heavy atom. The normalized spacial score (nSPS) is 14.3. The van der Waals surface area contributed by atoms with Crippen molar-refractivity contribution >= 4 is 40.1 Å². The second kappa shape index (κ2) is 7.70. The number of para-hydroxylation sites is 2. The molecule has 0 radical (unpaired) electrons. The molecule has 0 unspecified atom stereocenters. The molecule has 4 rings (SSSR count). The molecule has 142 valence electrons. The average molecular weight is 375 g/mol. The van der Waals surface area contributed by atoms with Crippen molar-refractivity contribution in [2.75, 3.05) is 25.6 Å². The number of anilines is 1. The van der Waals surface area contributed by atoms with Crippen LogP contribution in [0.15, 0.2) is 54.7 Å². The highest BCUT2D eigenvalue weighted by molar-refractivity contribution is 6.35.